The minimum absolute atomic E-state index is 0.196. The van der Waals surface area contributed by atoms with E-state index >= 15 is 0 Å². The smallest absolute Gasteiger partial charge is 0.0645 e. The minimum Gasteiger partial charge on any atom is -0.396 e. The molecular formula is C11H12N2O. The molecule has 14 heavy (non-hydrogen) atoms. The highest BCUT2D eigenvalue weighted by Gasteiger charge is 1.95. The van der Waals surface area contributed by atoms with Crippen molar-refractivity contribution in [3.8, 4) is 5.69 Å². The summed E-state index contributed by atoms with van der Waals surface area (Å²) in [5.74, 6) is 0. The Morgan fingerprint density at radius 2 is 2.00 bits per heavy atom. The summed E-state index contributed by atoms with van der Waals surface area (Å²) in [5.41, 5.74) is 2.18. The predicted molar refractivity (Wildman–Crippen MR) is 54.4 cm³/mol. The fraction of sp³-hybridized carbons (Fsp3) is 0.182. The van der Waals surface area contributed by atoms with Crippen LogP contribution < -0.4 is 0 Å². The monoisotopic (exact) mass is 188 g/mol. The van der Waals surface area contributed by atoms with Gasteiger partial charge in [0.05, 0.1) is 5.69 Å². The standard InChI is InChI=1S/C11H12N2O/c14-9-6-10-2-4-11(5-3-10)13-8-1-7-12-13/h1-5,7-8,14H,6,9H2. The number of nitrogens with zero attached hydrogens (tertiary/aromatic N) is 2. The van der Waals surface area contributed by atoms with Gasteiger partial charge in [-0.1, -0.05) is 12.1 Å². The topological polar surface area (TPSA) is 38.0 Å². The lowest BCUT2D eigenvalue weighted by Gasteiger charge is -2.02. The Kier molecular flexibility index (Phi) is 2.60. The maximum Gasteiger partial charge on any atom is 0.0645 e. The number of benzene rings is 1. The lowest BCUT2D eigenvalue weighted by molar-refractivity contribution is 0.299. The summed E-state index contributed by atoms with van der Waals surface area (Å²) in [4.78, 5) is 0. The highest BCUT2D eigenvalue weighted by Crippen LogP contribution is 2.08. The van der Waals surface area contributed by atoms with Crippen LogP contribution in [0.3, 0.4) is 0 Å². The molecule has 0 bridgehead atoms. The van der Waals surface area contributed by atoms with E-state index in [0.29, 0.717) is 6.42 Å². The first-order chi connectivity index (χ1) is 6.90. The van der Waals surface area contributed by atoms with Crippen LogP contribution in [0.2, 0.25) is 0 Å². The second kappa shape index (κ2) is 4.07. The molecule has 0 amide bonds. The van der Waals surface area contributed by atoms with Crippen molar-refractivity contribution in [3.63, 3.8) is 0 Å². The molecule has 0 saturated heterocycles. The van der Waals surface area contributed by atoms with E-state index in [1.807, 2.05) is 41.2 Å². The number of hydrogen-bond acceptors (Lipinski definition) is 2. The Morgan fingerprint density at radius 3 is 2.57 bits per heavy atom. The SMILES string of the molecule is OCCc1ccc(-n2cccn2)cc1. The second-order valence-electron chi connectivity index (χ2n) is 3.09. The lowest BCUT2D eigenvalue weighted by atomic mass is 10.1. The zero-order valence-corrected chi connectivity index (χ0v) is 7.80. The molecule has 1 N–H and O–H groups in total. The van der Waals surface area contributed by atoms with Crippen molar-refractivity contribution in [2.75, 3.05) is 6.61 Å². The summed E-state index contributed by atoms with van der Waals surface area (Å²) in [5, 5.41) is 12.9. The molecule has 0 aliphatic heterocycles. The quantitative estimate of drug-likeness (QED) is 0.790. The normalized spacial score (nSPS) is 10.4. The van der Waals surface area contributed by atoms with Crippen LogP contribution in [-0.4, -0.2) is 21.5 Å². The zero-order chi connectivity index (χ0) is 9.80. The third-order valence-electron chi connectivity index (χ3n) is 2.11. The second-order valence-corrected chi connectivity index (χ2v) is 3.09. The highest BCUT2D eigenvalue weighted by atomic mass is 16.2. The van der Waals surface area contributed by atoms with E-state index in [1.165, 1.54) is 0 Å². The van der Waals surface area contributed by atoms with Crippen LogP contribution in [0.4, 0.5) is 0 Å². The summed E-state index contributed by atoms with van der Waals surface area (Å²) < 4.78 is 1.81. The summed E-state index contributed by atoms with van der Waals surface area (Å²) >= 11 is 0. The van der Waals surface area contributed by atoms with Crippen LogP contribution in [0.5, 0.6) is 0 Å². The van der Waals surface area contributed by atoms with Crippen LogP contribution in [0.15, 0.2) is 42.7 Å². The molecule has 2 aromatic rings. The Balaban J connectivity index is 2.22. The van der Waals surface area contributed by atoms with Crippen molar-refractivity contribution in [2.45, 2.75) is 6.42 Å². The summed E-state index contributed by atoms with van der Waals surface area (Å²) in [6.07, 6.45) is 4.36. The average molecular weight is 188 g/mol. The highest BCUT2D eigenvalue weighted by molar-refractivity contribution is 5.33. The largest absolute Gasteiger partial charge is 0.396 e. The van der Waals surface area contributed by atoms with Crippen molar-refractivity contribution in [1.82, 2.24) is 9.78 Å². The van der Waals surface area contributed by atoms with Gasteiger partial charge in [0.2, 0.25) is 0 Å². The van der Waals surface area contributed by atoms with Gasteiger partial charge in [0.15, 0.2) is 0 Å². The molecule has 1 heterocycles. The summed E-state index contributed by atoms with van der Waals surface area (Å²) in [7, 11) is 0. The van der Waals surface area contributed by atoms with Crippen LogP contribution in [0, 0.1) is 0 Å². The Morgan fingerprint density at radius 1 is 1.21 bits per heavy atom. The van der Waals surface area contributed by atoms with Crippen molar-refractivity contribution >= 4 is 0 Å². The van der Waals surface area contributed by atoms with Crippen LogP contribution in [-0.2, 0) is 6.42 Å². The van der Waals surface area contributed by atoms with Gasteiger partial charge >= 0.3 is 0 Å². The molecule has 0 saturated carbocycles. The van der Waals surface area contributed by atoms with E-state index in [1.54, 1.807) is 6.20 Å². The van der Waals surface area contributed by atoms with Crippen molar-refractivity contribution in [2.24, 2.45) is 0 Å². The van der Waals surface area contributed by atoms with E-state index in [4.69, 9.17) is 5.11 Å². The molecule has 0 radical (unpaired) electrons. The third-order valence-corrected chi connectivity index (χ3v) is 2.11. The first kappa shape index (κ1) is 8.97. The molecule has 1 aromatic carbocycles. The molecule has 0 spiro atoms. The number of hydrogen-bond donors (Lipinski definition) is 1. The first-order valence-corrected chi connectivity index (χ1v) is 4.60. The van der Waals surface area contributed by atoms with Gasteiger partial charge in [-0.3, -0.25) is 0 Å². The van der Waals surface area contributed by atoms with E-state index in [0.717, 1.165) is 11.3 Å². The number of rotatable bonds is 3. The van der Waals surface area contributed by atoms with Crippen LogP contribution in [0.1, 0.15) is 5.56 Å². The van der Waals surface area contributed by atoms with Crippen molar-refractivity contribution in [1.29, 1.82) is 0 Å². The van der Waals surface area contributed by atoms with Crippen molar-refractivity contribution in [3.05, 3.63) is 48.3 Å². The van der Waals surface area contributed by atoms with Gasteiger partial charge in [0.25, 0.3) is 0 Å². The zero-order valence-electron chi connectivity index (χ0n) is 7.80. The fourth-order valence-corrected chi connectivity index (χ4v) is 1.37. The Bertz CT molecular complexity index is 378. The third kappa shape index (κ3) is 1.83. The van der Waals surface area contributed by atoms with Gasteiger partial charge < -0.3 is 5.11 Å². The number of aromatic nitrogens is 2. The number of aliphatic hydroxyl groups excluding tert-OH is 1. The van der Waals surface area contributed by atoms with Crippen molar-refractivity contribution < 1.29 is 5.11 Å². The van der Waals surface area contributed by atoms with Gasteiger partial charge in [0, 0.05) is 19.0 Å². The molecule has 0 aliphatic carbocycles. The molecule has 0 aliphatic rings. The Hall–Kier alpha value is -1.61. The van der Waals surface area contributed by atoms with Gasteiger partial charge in [-0.25, -0.2) is 4.68 Å². The van der Waals surface area contributed by atoms with Crippen LogP contribution >= 0.6 is 0 Å². The molecule has 0 fully saturated rings. The average Bonchev–Trinajstić information content (AvgIpc) is 2.72. The maximum atomic E-state index is 8.76. The van der Waals surface area contributed by atoms with E-state index in [9.17, 15) is 0 Å². The van der Waals surface area contributed by atoms with Crippen LogP contribution in [0.25, 0.3) is 5.69 Å². The first-order valence-electron chi connectivity index (χ1n) is 4.60. The Labute approximate surface area is 82.6 Å². The molecule has 0 unspecified atom stereocenters. The van der Waals surface area contributed by atoms with E-state index in [-0.39, 0.29) is 6.61 Å². The molecule has 3 nitrogen and oxygen atoms in total. The molecule has 1 aromatic heterocycles. The van der Waals surface area contributed by atoms with E-state index < -0.39 is 0 Å². The number of aliphatic hydroxyl groups is 1. The summed E-state index contributed by atoms with van der Waals surface area (Å²) in [6.45, 7) is 0.196. The lowest BCUT2D eigenvalue weighted by Crippen LogP contribution is -1.95. The van der Waals surface area contributed by atoms with Gasteiger partial charge in [0.1, 0.15) is 0 Å². The van der Waals surface area contributed by atoms with Gasteiger partial charge in [-0.15, -0.1) is 0 Å². The minimum atomic E-state index is 0.196. The molecule has 3 heteroatoms. The van der Waals surface area contributed by atoms with E-state index in [2.05, 4.69) is 5.10 Å². The molecule has 2 rings (SSSR count). The summed E-state index contributed by atoms with van der Waals surface area (Å²) in [6, 6.07) is 9.90. The molecule has 0 atom stereocenters. The predicted octanol–water partition coefficient (Wildman–Crippen LogP) is 1.41. The maximum absolute atomic E-state index is 8.76. The molecule has 72 valence electrons. The fourth-order valence-electron chi connectivity index (χ4n) is 1.37. The van der Waals surface area contributed by atoms with Gasteiger partial charge in [-0.2, -0.15) is 5.10 Å². The van der Waals surface area contributed by atoms with Gasteiger partial charge in [-0.05, 0) is 30.2 Å². The molecular weight excluding hydrogens is 176 g/mol.